The summed E-state index contributed by atoms with van der Waals surface area (Å²) in [5, 5.41) is 9.76. The summed E-state index contributed by atoms with van der Waals surface area (Å²) in [6.45, 7) is 6.84. The molecular formula is C15H22N2O3S2. The van der Waals surface area contributed by atoms with Crippen molar-refractivity contribution in [3.05, 3.63) is 17.0 Å². The van der Waals surface area contributed by atoms with Crippen molar-refractivity contribution in [2.45, 2.75) is 50.3 Å². The Kier molecular flexibility index (Phi) is 3.47. The Hall–Kier alpha value is -0.920. The Labute approximate surface area is 135 Å². The quantitative estimate of drug-likeness (QED) is 0.883. The molecular weight excluding hydrogens is 320 g/mol. The van der Waals surface area contributed by atoms with Crippen molar-refractivity contribution in [3.8, 4) is 0 Å². The molecule has 0 aliphatic heterocycles. The smallest absolute Gasteiger partial charge is 0.252 e. The largest absolute Gasteiger partial charge is 0.349 e. The van der Waals surface area contributed by atoms with Crippen LogP contribution in [0.3, 0.4) is 0 Å². The Bertz CT molecular complexity index is 723. The van der Waals surface area contributed by atoms with Crippen LogP contribution in [0.1, 0.15) is 50.4 Å². The lowest BCUT2D eigenvalue weighted by molar-refractivity contribution is 0.0826. The minimum atomic E-state index is -3.74. The van der Waals surface area contributed by atoms with E-state index in [0.29, 0.717) is 11.5 Å². The molecule has 1 amide bonds. The molecule has 22 heavy (non-hydrogen) atoms. The Morgan fingerprint density at radius 3 is 2.55 bits per heavy atom. The van der Waals surface area contributed by atoms with Gasteiger partial charge in [0, 0.05) is 11.4 Å². The number of amides is 1. The van der Waals surface area contributed by atoms with Crippen molar-refractivity contribution in [1.29, 1.82) is 0 Å². The monoisotopic (exact) mass is 342 g/mol. The van der Waals surface area contributed by atoms with E-state index in [1.54, 1.807) is 5.38 Å². The molecule has 1 aromatic heterocycles. The van der Waals surface area contributed by atoms with Gasteiger partial charge >= 0.3 is 0 Å². The van der Waals surface area contributed by atoms with Crippen LogP contribution < -0.4 is 10.5 Å². The van der Waals surface area contributed by atoms with Crippen molar-refractivity contribution >= 4 is 27.3 Å². The minimum absolute atomic E-state index is 0.0251. The zero-order valence-corrected chi connectivity index (χ0v) is 14.7. The molecule has 7 heteroatoms. The molecule has 2 bridgehead atoms. The summed E-state index contributed by atoms with van der Waals surface area (Å²) in [7, 11) is -3.74. The zero-order chi connectivity index (χ0) is 16.3. The van der Waals surface area contributed by atoms with Crippen LogP contribution in [-0.4, -0.2) is 20.4 Å². The van der Waals surface area contributed by atoms with Gasteiger partial charge in [-0.3, -0.25) is 4.79 Å². The van der Waals surface area contributed by atoms with E-state index in [1.165, 1.54) is 12.5 Å². The number of thiophene rings is 1. The van der Waals surface area contributed by atoms with Crippen molar-refractivity contribution in [2.75, 3.05) is 0 Å². The molecule has 0 saturated heterocycles. The van der Waals surface area contributed by atoms with Crippen molar-refractivity contribution in [1.82, 2.24) is 5.32 Å². The second-order valence-corrected chi connectivity index (χ2v) is 10.0. The maximum atomic E-state index is 12.4. The standard InChI is InChI=1S/C15H22N2O3S2/c1-14(2)10-4-5-15(14,3)11(7-10)17-13(18)9-6-12(21-8-9)22(16,19)20/h6,8,10-11H,4-5,7H2,1-3H3,(H,17,18)(H2,16,19,20)/t10-,11-,15-/m0/s1. The molecule has 0 unspecified atom stereocenters. The number of nitrogens with one attached hydrogen (secondary N) is 1. The van der Waals surface area contributed by atoms with Crippen LogP contribution in [0.25, 0.3) is 0 Å². The van der Waals surface area contributed by atoms with E-state index in [9.17, 15) is 13.2 Å². The van der Waals surface area contributed by atoms with Gasteiger partial charge in [-0.15, -0.1) is 11.3 Å². The number of nitrogens with two attached hydrogens (primary N) is 1. The molecule has 5 nitrogen and oxygen atoms in total. The Morgan fingerprint density at radius 2 is 2.09 bits per heavy atom. The predicted octanol–water partition coefficient (Wildman–Crippen LogP) is 2.34. The van der Waals surface area contributed by atoms with E-state index < -0.39 is 10.0 Å². The van der Waals surface area contributed by atoms with Gasteiger partial charge in [0.15, 0.2) is 0 Å². The first-order chi connectivity index (χ1) is 10.1. The Morgan fingerprint density at radius 1 is 1.41 bits per heavy atom. The van der Waals surface area contributed by atoms with E-state index >= 15 is 0 Å². The third-order valence-corrected chi connectivity index (χ3v) is 8.60. The fourth-order valence-corrected chi connectivity index (χ4v) is 5.83. The first kappa shape index (κ1) is 16.0. The van der Waals surface area contributed by atoms with Gasteiger partial charge in [0.05, 0.1) is 5.56 Å². The number of carbonyl (C=O) groups is 1. The minimum Gasteiger partial charge on any atom is -0.349 e. The van der Waals surface area contributed by atoms with Gasteiger partial charge in [-0.25, -0.2) is 13.6 Å². The normalized spacial score (nSPS) is 33.1. The number of carbonyl (C=O) groups excluding carboxylic acids is 1. The molecule has 2 saturated carbocycles. The molecule has 1 heterocycles. The average Bonchev–Trinajstić information content (AvgIpc) is 3.01. The number of fused-ring (bicyclic) bond motifs is 2. The first-order valence-corrected chi connectivity index (χ1v) is 9.90. The first-order valence-electron chi connectivity index (χ1n) is 7.48. The molecule has 0 aromatic carbocycles. The van der Waals surface area contributed by atoms with E-state index in [2.05, 4.69) is 26.1 Å². The maximum absolute atomic E-state index is 12.4. The summed E-state index contributed by atoms with van der Waals surface area (Å²) in [5.74, 6) is 0.436. The second kappa shape index (κ2) is 4.79. The van der Waals surface area contributed by atoms with Gasteiger partial charge in [0.25, 0.3) is 5.91 Å². The molecule has 2 fully saturated rings. The third kappa shape index (κ3) is 2.21. The predicted molar refractivity (Wildman–Crippen MR) is 86.2 cm³/mol. The molecule has 1 aromatic rings. The number of hydrogen-bond donors (Lipinski definition) is 2. The zero-order valence-electron chi connectivity index (χ0n) is 13.0. The van der Waals surface area contributed by atoms with Gasteiger partial charge in [0.1, 0.15) is 4.21 Å². The summed E-state index contributed by atoms with van der Waals surface area (Å²) in [6, 6.07) is 1.50. The van der Waals surface area contributed by atoms with Gasteiger partial charge in [-0.05, 0) is 42.1 Å². The van der Waals surface area contributed by atoms with E-state index in [4.69, 9.17) is 5.14 Å². The topological polar surface area (TPSA) is 89.3 Å². The van der Waals surface area contributed by atoms with E-state index in [0.717, 1.165) is 24.2 Å². The van der Waals surface area contributed by atoms with Crippen LogP contribution in [0.5, 0.6) is 0 Å². The maximum Gasteiger partial charge on any atom is 0.252 e. The number of sulfonamides is 1. The van der Waals surface area contributed by atoms with E-state index in [1.807, 2.05) is 0 Å². The summed E-state index contributed by atoms with van der Waals surface area (Å²) in [4.78, 5) is 12.4. The van der Waals surface area contributed by atoms with Gasteiger partial charge in [-0.1, -0.05) is 20.8 Å². The highest BCUT2D eigenvalue weighted by Gasteiger charge is 2.61. The van der Waals surface area contributed by atoms with Crippen molar-refractivity contribution in [3.63, 3.8) is 0 Å². The highest BCUT2D eigenvalue weighted by molar-refractivity contribution is 7.91. The summed E-state index contributed by atoms with van der Waals surface area (Å²) >= 11 is 0.983. The van der Waals surface area contributed by atoms with Crippen LogP contribution in [0.15, 0.2) is 15.7 Å². The third-order valence-electron chi connectivity index (χ3n) is 6.22. The van der Waals surface area contributed by atoms with Gasteiger partial charge in [0.2, 0.25) is 10.0 Å². The lowest BCUT2D eigenvalue weighted by atomic mass is 9.69. The molecule has 0 spiro atoms. The fraction of sp³-hybridized carbons (Fsp3) is 0.667. The molecule has 2 aliphatic carbocycles. The fourth-order valence-electron chi connectivity index (χ4n) is 4.25. The average molecular weight is 342 g/mol. The number of primary sulfonamides is 1. The number of rotatable bonds is 3. The van der Waals surface area contributed by atoms with Crippen molar-refractivity contribution in [2.24, 2.45) is 21.9 Å². The Balaban J connectivity index is 1.78. The SMILES string of the molecule is CC1(C)[C@H]2CC[C@@]1(C)[C@@H](NC(=O)c1csc(S(N)(=O)=O)c1)C2. The molecule has 3 N–H and O–H groups in total. The second-order valence-electron chi connectivity index (χ2n) is 7.34. The summed E-state index contributed by atoms with van der Waals surface area (Å²) in [5.41, 5.74) is 0.704. The molecule has 0 radical (unpaired) electrons. The highest BCUT2D eigenvalue weighted by Crippen LogP contribution is 2.65. The van der Waals surface area contributed by atoms with Crippen LogP contribution in [0.2, 0.25) is 0 Å². The van der Waals surface area contributed by atoms with Crippen LogP contribution in [-0.2, 0) is 10.0 Å². The van der Waals surface area contributed by atoms with Crippen LogP contribution in [0, 0.1) is 16.7 Å². The van der Waals surface area contributed by atoms with E-state index in [-0.39, 0.29) is 27.0 Å². The van der Waals surface area contributed by atoms with Gasteiger partial charge < -0.3 is 5.32 Å². The van der Waals surface area contributed by atoms with Gasteiger partial charge in [-0.2, -0.15) is 0 Å². The summed E-state index contributed by atoms with van der Waals surface area (Å²) in [6.07, 6.45) is 3.35. The molecule has 3 rings (SSSR count). The lowest BCUT2D eigenvalue weighted by Gasteiger charge is -2.39. The van der Waals surface area contributed by atoms with Crippen molar-refractivity contribution < 1.29 is 13.2 Å². The molecule has 2 aliphatic rings. The summed E-state index contributed by atoms with van der Waals surface area (Å²) < 4.78 is 22.6. The molecule has 3 atom stereocenters. The van der Waals surface area contributed by atoms with Crippen LogP contribution >= 0.6 is 11.3 Å². The molecule has 122 valence electrons. The lowest BCUT2D eigenvalue weighted by Crippen LogP contribution is -2.46. The highest BCUT2D eigenvalue weighted by atomic mass is 32.2. The number of hydrogen-bond acceptors (Lipinski definition) is 4. The van der Waals surface area contributed by atoms with Crippen LogP contribution in [0.4, 0.5) is 0 Å².